The van der Waals surface area contributed by atoms with Crippen LogP contribution in [-0.2, 0) is 9.59 Å². The van der Waals surface area contributed by atoms with E-state index < -0.39 is 5.97 Å². The van der Waals surface area contributed by atoms with Gasteiger partial charge in [0, 0.05) is 0 Å². The Morgan fingerprint density at radius 1 is 0.677 bits per heavy atom. The maximum atomic E-state index is 12.5. The smallest absolute Gasteiger partial charge is 0.343 e. The Hall–Kier alpha value is -4.19. The number of ether oxygens (including phenoxy) is 3. The first-order valence-corrected chi connectivity index (χ1v) is 9.40. The van der Waals surface area contributed by atoms with E-state index in [-0.39, 0.29) is 24.8 Å². The van der Waals surface area contributed by atoms with E-state index in [9.17, 15) is 14.4 Å². The molecule has 0 bridgehead atoms. The Bertz CT molecular complexity index is 1140. The lowest BCUT2D eigenvalue weighted by molar-refractivity contribution is -0.117. The van der Waals surface area contributed by atoms with Crippen LogP contribution in [0.4, 0.5) is 0 Å². The predicted molar refractivity (Wildman–Crippen MR) is 117 cm³/mol. The lowest BCUT2D eigenvalue weighted by atomic mass is 10.1. The van der Waals surface area contributed by atoms with Gasteiger partial charge in [-0.3, -0.25) is 9.59 Å². The summed E-state index contributed by atoms with van der Waals surface area (Å²) >= 11 is 0. The number of hydrogen-bond donors (Lipinski definition) is 0. The molecule has 0 fully saturated rings. The van der Waals surface area contributed by atoms with Crippen molar-refractivity contribution in [2.45, 2.75) is 0 Å². The molecule has 0 saturated heterocycles. The number of esters is 1. The fourth-order valence-corrected chi connectivity index (χ4v) is 2.64. The van der Waals surface area contributed by atoms with Crippen LogP contribution in [0.2, 0.25) is 0 Å². The molecule has 0 atom stereocenters. The first-order valence-electron chi connectivity index (χ1n) is 9.40. The van der Waals surface area contributed by atoms with Gasteiger partial charge in [0.25, 0.3) is 0 Å². The fraction of sp³-hybridized carbons (Fsp3) is 0.0800. The highest BCUT2D eigenvalue weighted by atomic mass is 16.5. The molecular formula is C25H20O6. The first kappa shape index (κ1) is 21.5. The third kappa shape index (κ3) is 5.90. The van der Waals surface area contributed by atoms with Crippen LogP contribution in [0.5, 0.6) is 17.2 Å². The first-order chi connectivity index (χ1) is 15.0. The molecule has 31 heavy (non-hydrogen) atoms. The highest BCUT2D eigenvalue weighted by Gasteiger charge is 2.10. The minimum atomic E-state index is -0.505. The van der Waals surface area contributed by atoms with E-state index in [1.165, 1.54) is 12.2 Å². The minimum absolute atomic E-state index is 0.0756. The van der Waals surface area contributed by atoms with Gasteiger partial charge in [0.1, 0.15) is 17.2 Å². The van der Waals surface area contributed by atoms with E-state index in [0.29, 0.717) is 22.8 Å². The molecule has 0 radical (unpaired) electrons. The highest BCUT2D eigenvalue weighted by molar-refractivity contribution is 5.97. The number of carbonyl (C=O) groups is 3. The normalized spacial score (nSPS) is 10.2. The van der Waals surface area contributed by atoms with E-state index in [1.54, 1.807) is 60.7 Å². The molecule has 3 rings (SSSR count). The maximum absolute atomic E-state index is 12.5. The number of fused-ring (bicyclic) bond motifs is 1. The third-order valence-electron chi connectivity index (χ3n) is 4.30. The lowest BCUT2D eigenvalue weighted by Gasteiger charge is -2.08. The van der Waals surface area contributed by atoms with Gasteiger partial charge in [0.05, 0.1) is 5.56 Å². The summed E-state index contributed by atoms with van der Waals surface area (Å²) in [6.07, 6.45) is 2.40. The van der Waals surface area contributed by atoms with E-state index in [0.717, 1.165) is 10.8 Å². The van der Waals surface area contributed by atoms with Gasteiger partial charge in [0.15, 0.2) is 24.8 Å². The van der Waals surface area contributed by atoms with Gasteiger partial charge in [-0.05, 0) is 71.5 Å². The molecule has 0 heterocycles. The zero-order valence-corrected chi connectivity index (χ0v) is 16.7. The summed E-state index contributed by atoms with van der Waals surface area (Å²) in [4.78, 5) is 35.0. The second-order valence-corrected chi connectivity index (χ2v) is 6.50. The summed E-state index contributed by atoms with van der Waals surface area (Å²) in [5, 5.41) is 1.68. The van der Waals surface area contributed by atoms with Crippen molar-refractivity contribution < 1.29 is 28.6 Å². The van der Waals surface area contributed by atoms with Crippen molar-refractivity contribution in [3.8, 4) is 17.2 Å². The summed E-state index contributed by atoms with van der Waals surface area (Å²) in [7, 11) is 0. The van der Waals surface area contributed by atoms with Crippen molar-refractivity contribution in [1.29, 1.82) is 0 Å². The molecule has 0 aliphatic rings. The quantitative estimate of drug-likeness (QED) is 0.278. The second-order valence-electron chi connectivity index (χ2n) is 6.50. The molecule has 0 aliphatic carbocycles. The molecule has 0 aliphatic heterocycles. The molecule has 6 nitrogen and oxygen atoms in total. The van der Waals surface area contributed by atoms with Crippen LogP contribution in [0.15, 0.2) is 86.0 Å². The Labute approximate surface area is 179 Å². The molecule has 0 amide bonds. The van der Waals surface area contributed by atoms with Crippen molar-refractivity contribution in [2.24, 2.45) is 0 Å². The van der Waals surface area contributed by atoms with Crippen LogP contribution >= 0.6 is 0 Å². The van der Waals surface area contributed by atoms with Gasteiger partial charge in [-0.1, -0.05) is 25.3 Å². The number of ketones is 2. The molecule has 3 aromatic rings. The lowest BCUT2D eigenvalue weighted by Crippen LogP contribution is -2.09. The van der Waals surface area contributed by atoms with Crippen LogP contribution in [0.1, 0.15) is 10.4 Å². The van der Waals surface area contributed by atoms with Gasteiger partial charge in [-0.15, -0.1) is 0 Å². The molecule has 0 aromatic heterocycles. The Morgan fingerprint density at radius 2 is 1.19 bits per heavy atom. The van der Waals surface area contributed by atoms with Crippen molar-refractivity contribution in [1.82, 2.24) is 0 Å². The van der Waals surface area contributed by atoms with Crippen LogP contribution in [0, 0.1) is 0 Å². The van der Waals surface area contributed by atoms with Crippen molar-refractivity contribution in [3.63, 3.8) is 0 Å². The Balaban J connectivity index is 1.65. The maximum Gasteiger partial charge on any atom is 0.343 e. The minimum Gasteiger partial charge on any atom is -0.485 e. The van der Waals surface area contributed by atoms with Gasteiger partial charge in [-0.2, -0.15) is 0 Å². The van der Waals surface area contributed by atoms with Crippen LogP contribution in [0.3, 0.4) is 0 Å². The van der Waals surface area contributed by atoms with E-state index in [1.807, 2.05) is 0 Å². The summed E-state index contributed by atoms with van der Waals surface area (Å²) < 4.78 is 16.1. The van der Waals surface area contributed by atoms with E-state index >= 15 is 0 Å². The average molecular weight is 416 g/mol. The standard InChI is InChI=1S/C25H20O6/c1-3-20(26)15-29-22-9-11-23(12-10-22)31-25(28)19-6-5-18-14-24(8-7-17(18)13-19)30-16-21(27)4-2/h3-14H,1-2,15-16H2. The van der Waals surface area contributed by atoms with Gasteiger partial charge < -0.3 is 14.2 Å². The zero-order valence-electron chi connectivity index (χ0n) is 16.7. The molecule has 156 valence electrons. The van der Waals surface area contributed by atoms with Gasteiger partial charge in [-0.25, -0.2) is 4.79 Å². The molecule has 3 aromatic carbocycles. The van der Waals surface area contributed by atoms with Crippen molar-refractivity contribution in [2.75, 3.05) is 13.2 Å². The summed E-state index contributed by atoms with van der Waals surface area (Å²) in [5.74, 6) is 0.444. The van der Waals surface area contributed by atoms with Gasteiger partial charge >= 0.3 is 5.97 Å². The van der Waals surface area contributed by atoms with Gasteiger partial charge in [0.2, 0.25) is 0 Å². The molecule has 0 unspecified atom stereocenters. The molecule has 0 spiro atoms. The molecular weight excluding hydrogens is 396 g/mol. The summed E-state index contributed by atoms with van der Waals surface area (Å²) in [6, 6.07) is 16.9. The number of hydrogen-bond acceptors (Lipinski definition) is 6. The van der Waals surface area contributed by atoms with Crippen LogP contribution < -0.4 is 14.2 Å². The Morgan fingerprint density at radius 3 is 1.84 bits per heavy atom. The van der Waals surface area contributed by atoms with Crippen molar-refractivity contribution >= 4 is 28.3 Å². The SMILES string of the molecule is C=CC(=O)COc1ccc(OC(=O)c2ccc3cc(OCC(=O)C=C)ccc3c2)cc1. The summed E-state index contributed by atoms with van der Waals surface area (Å²) in [5.41, 5.74) is 0.389. The number of benzene rings is 3. The molecule has 0 saturated carbocycles. The zero-order chi connectivity index (χ0) is 22.2. The monoisotopic (exact) mass is 416 g/mol. The topological polar surface area (TPSA) is 78.9 Å². The Kier molecular flexibility index (Phi) is 6.96. The van der Waals surface area contributed by atoms with E-state index in [2.05, 4.69) is 13.2 Å². The van der Waals surface area contributed by atoms with Crippen LogP contribution in [0.25, 0.3) is 10.8 Å². The molecule has 0 N–H and O–H groups in total. The highest BCUT2D eigenvalue weighted by Crippen LogP contribution is 2.24. The van der Waals surface area contributed by atoms with Crippen LogP contribution in [-0.4, -0.2) is 30.7 Å². The number of carbonyl (C=O) groups excluding carboxylic acids is 3. The largest absolute Gasteiger partial charge is 0.485 e. The summed E-state index contributed by atoms with van der Waals surface area (Å²) in [6.45, 7) is 6.61. The third-order valence-corrected chi connectivity index (χ3v) is 4.30. The second kappa shape index (κ2) is 10.0. The van der Waals surface area contributed by atoms with Crippen molar-refractivity contribution in [3.05, 3.63) is 91.5 Å². The predicted octanol–water partition coefficient (Wildman–Crippen LogP) is 4.33. The fourth-order valence-electron chi connectivity index (χ4n) is 2.64. The van der Waals surface area contributed by atoms with E-state index in [4.69, 9.17) is 14.2 Å². The molecule has 6 heteroatoms. The number of rotatable bonds is 10. The average Bonchev–Trinajstić information content (AvgIpc) is 2.81.